The van der Waals surface area contributed by atoms with Gasteiger partial charge >= 0.3 is 0 Å². The summed E-state index contributed by atoms with van der Waals surface area (Å²) in [7, 11) is 0. The van der Waals surface area contributed by atoms with Gasteiger partial charge < -0.3 is 10.1 Å². The fourth-order valence-electron chi connectivity index (χ4n) is 2.71. The SMILES string of the molecule is CCn1nc(CN[C@@H]2CCCOC2)c2ccccc21. The molecule has 19 heavy (non-hydrogen) atoms. The molecule has 0 bridgehead atoms. The highest BCUT2D eigenvalue weighted by atomic mass is 16.5. The lowest BCUT2D eigenvalue weighted by atomic mass is 10.1. The molecule has 1 N–H and O–H groups in total. The molecule has 102 valence electrons. The van der Waals surface area contributed by atoms with Crippen LogP contribution in [0.1, 0.15) is 25.5 Å². The molecule has 4 heteroatoms. The molecule has 0 saturated carbocycles. The third kappa shape index (κ3) is 2.65. The minimum atomic E-state index is 0.472. The fourth-order valence-corrected chi connectivity index (χ4v) is 2.71. The monoisotopic (exact) mass is 259 g/mol. The number of ether oxygens (including phenoxy) is 1. The molecule has 1 aromatic carbocycles. The first-order valence-corrected chi connectivity index (χ1v) is 7.14. The maximum atomic E-state index is 5.50. The zero-order valence-electron chi connectivity index (χ0n) is 11.4. The molecule has 4 nitrogen and oxygen atoms in total. The Kier molecular flexibility index (Phi) is 3.80. The Morgan fingerprint density at radius 1 is 1.42 bits per heavy atom. The number of rotatable bonds is 4. The summed E-state index contributed by atoms with van der Waals surface area (Å²) in [6.45, 7) is 5.60. The number of para-hydroxylation sites is 1. The van der Waals surface area contributed by atoms with Gasteiger partial charge in [-0.3, -0.25) is 4.68 Å². The predicted octanol–water partition coefficient (Wildman–Crippen LogP) is 2.32. The smallest absolute Gasteiger partial charge is 0.0841 e. The Morgan fingerprint density at radius 3 is 3.11 bits per heavy atom. The number of nitrogens with zero attached hydrogens (tertiary/aromatic N) is 2. The van der Waals surface area contributed by atoms with Gasteiger partial charge in [0.2, 0.25) is 0 Å². The molecule has 1 atom stereocenters. The van der Waals surface area contributed by atoms with Crippen molar-refractivity contribution in [2.75, 3.05) is 13.2 Å². The second-order valence-electron chi connectivity index (χ2n) is 5.07. The molecule has 1 aromatic heterocycles. The molecule has 1 aliphatic rings. The van der Waals surface area contributed by atoms with Gasteiger partial charge in [0.1, 0.15) is 0 Å². The average Bonchev–Trinajstić information content (AvgIpc) is 2.84. The van der Waals surface area contributed by atoms with Crippen LogP contribution in [0.5, 0.6) is 0 Å². The lowest BCUT2D eigenvalue weighted by Crippen LogP contribution is -2.36. The van der Waals surface area contributed by atoms with Crippen LogP contribution in [0.3, 0.4) is 0 Å². The molecule has 1 saturated heterocycles. The van der Waals surface area contributed by atoms with Gasteiger partial charge in [-0.1, -0.05) is 18.2 Å². The van der Waals surface area contributed by atoms with Gasteiger partial charge in [0.05, 0.1) is 17.8 Å². The van der Waals surface area contributed by atoms with Crippen molar-refractivity contribution in [3.05, 3.63) is 30.0 Å². The van der Waals surface area contributed by atoms with Crippen LogP contribution in [-0.4, -0.2) is 29.0 Å². The summed E-state index contributed by atoms with van der Waals surface area (Å²) in [5.41, 5.74) is 2.37. The van der Waals surface area contributed by atoms with E-state index >= 15 is 0 Å². The first-order valence-electron chi connectivity index (χ1n) is 7.14. The van der Waals surface area contributed by atoms with Gasteiger partial charge in [-0.05, 0) is 25.8 Å². The van der Waals surface area contributed by atoms with E-state index in [4.69, 9.17) is 9.84 Å². The molecule has 0 spiro atoms. The van der Waals surface area contributed by atoms with Gasteiger partial charge in [-0.15, -0.1) is 0 Å². The molecule has 3 rings (SSSR count). The zero-order chi connectivity index (χ0) is 13.1. The minimum absolute atomic E-state index is 0.472. The molecule has 0 radical (unpaired) electrons. The minimum Gasteiger partial charge on any atom is -0.380 e. The number of hydrogen-bond donors (Lipinski definition) is 1. The molecule has 2 heterocycles. The van der Waals surface area contributed by atoms with Crippen molar-refractivity contribution in [1.82, 2.24) is 15.1 Å². The molecule has 2 aromatic rings. The van der Waals surface area contributed by atoms with Gasteiger partial charge in [-0.2, -0.15) is 5.10 Å². The van der Waals surface area contributed by atoms with Gasteiger partial charge in [-0.25, -0.2) is 0 Å². The van der Waals surface area contributed by atoms with Crippen LogP contribution in [0.15, 0.2) is 24.3 Å². The maximum Gasteiger partial charge on any atom is 0.0841 e. The van der Waals surface area contributed by atoms with Crippen LogP contribution in [-0.2, 0) is 17.8 Å². The Labute approximate surface area is 113 Å². The van der Waals surface area contributed by atoms with Crippen molar-refractivity contribution in [1.29, 1.82) is 0 Å². The summed E-state index contributed by atoms with van der Waals surface area (Å²) in [5, 5.41) is 9.53. The average molecular weight is 259 g/mol. The van der Waals surface area contributed by atoms with Crippen LogP contribution in [0.25, 0.3) is 10.9 Å². The quantitative estimate of drug-likeness (QED) is 0.916. The second-order valence-corrected chi connectivity index (χ2v) is 5.07. The summed E-state index contributed by atoms with van der Waals surface area (Å²) in [4.78, 5) is 0. The van der Waals surface area contributed by atoms with Crippen molar-refractivity contribution in [3.8, 4) is 0 Å². The highest BCUT2D eigenvalue weighted by Crippen LogP contribution is 2.18. The Hall–Kier alpha value is -1.39. The summed E-state index contributed by atoms with van der Waals surface area (Å²) in [6.07, 6.45) is 2.36. The molecular formula is C15H21N3O. The van der Waals surface area contributed by atoms with E-state index in [0.717, 1.165) is 38.4 Å². The van der Waals surface area contributed by atoms with E-state index in [9.17, 15) is 0 Å². The van der Waals surface area contributed by atoms with E-state index < -0.39 is 0 Å². The lowest BCUT2D eigenvalue weighted by molar-refractivity contribution is 0.0698. The highest BCUT2D eigenvalue weighted by Gasteiger charge is 2.15. The summed E-state index contributed by atoms with van der Waals surface area (Å²) >= 11 is 0. The van der Waals surface area contributed by atoms with E-state index in [-0.39, 0.29) is 0 Å². The zero-order valence-corrected chi connectivity index (χ0v) is 11.4. The Morgan fingerprint density at radius 2 is 2.32 bits per heavy atom. The number of aromatic nitrogens is 2. The summed E-state index contributed by atoms with van der Waals surface area (Å²) in [5.74, 6) is 0. The van der Waals surface area contributed by atoms with Crippen LogP contribution in [0.2, 0.25) is 0 Å². The van der Waals surface area contributed by atoms with Crippen LogP contribution < -0.4 is 5.32 Å². The van der Waals surface area contributed by atoms with E-state index in [2.05, 4.69) is 41.2 Å². The van der Waals surface area contributed by atoms with Gasteiger partial charge in [0, 0.05) is 31.1 Å². The maximum absolute atomic E-state index is 5.50. The van der Waals surface area contributed by atoms with Crippen LogP contribution >= 0.6 is 0 Å². The summed E-state index contributed by atoms with van der Waals surface area (Å²) in [6, 6.07) is 8.92. The first kappa shape index (κ1) is 12.6. The van der Waals surface area contributed by atoms with Crippen molar-refractivity contribution in [2.45, 2.75) is 38.9 Å². The first-order chi connectivity index (χ1) is 9.38. The van der Waals surface area contributed by atoms with E-state index in [1.165, 1.54) is 17.3 Å². The van der Waals surface area contributed by atoms with E-state index in [1.807, 2.05) is 0 Å². The molecule has 0 amide bonds. The predicted molar refractivity (Wildman–Crippen MR) is 76.1 cm³/mol. The van der Waals surface area contributed by atoms with Crippen molar-refractivity contribution < 1.29 is 4.74 Å². The normalized spacial score (nSPS) is 19.9. The fraction of sp³-hybridized carbons (Fsp3) is 0.533. The highest BCUT2D eigenvalue weighted by molar-refractivity contribution is 5.81. The third-order valence-corrected chi connectivity index (χ3v) is 3.75. The van der Waals surface area contributed by atoms with Crippen LogP contribution in [0, 0.1) is 0 Å². The molecular weight excluding hydrogens is 238 g/mol. The van der Waals surface area contributed by atoms with E-state index in [0.29, 0.717) is 6.04 Å². The number of aryl methyl sites for hydroxylation is 1. The van der Waals surface area contributed by atoms with Crippen molar-refractivity contribution in [3.63, 3.8) is 0 Å². The number of nitrogens with one attached hydrogen (secondary N) is 1. The molecule has 0 unspecified atom stereocenters. The van der Waals surface area contributed by atoms with Crippen molar-refractivity contribution in [2.24, 2.45) is 0 Å². The van der Waals surface area contributed by atoms with Gasteiger partial charge in [0.25, 0.3) is 0 Å². The van der Waals surface area contributed by atoms with Crippen LogP contribution in [0.4, 0.5) is 0 Å². The summed E-state index contributed by atoms with van der Waals surface area (Å²) < 4.78 is 7.57. The largest absolute Gasteiger partial charge is 0.380 e. The second kappa shape index (κ2) is 5.72. The Bertz CT molecular complexity index is 543. The lowest BCUT2D eigenvalue weighted by Gasteiger charge is -2.22. The topological polar surface area (TPSA) is 39.1 Å². The van der Waals surface area contributed by atoms with Gasteiger partial charge in [0.15, 0.2) is 0 Å². The number of benzene rings is 1. The number of fused-ring (bicyclic) bond motifs is 1. The van der Waals surface area contributed by atoms with Crippen molar-refractivity contribution >= 4 is 10.9 Å². The molecule has 1 aliphatic heterocycles. The van der Waals surface area contributed by atoms with E-state index in [1.54, 1.807) is 0 Å². The third-order valence-electron chi connectivity index (χ3n) is 3.75. The molecule has 0 aliphatic carbocycles. The molecule has 1 fully saturated rings. The number of hydrogen-bond acceptors (Lipinski definition) is 3. The standard InChI is InChI=1S/C15H21N3O/c1-2-18-15-8-4-3-7-13(15)14(17-18)10-16-12-6-5-9-19-11-12/h3-4,7-8,12,16H,2,5-6,9-11H2,1H3/t12-/m1/s1. The Balaban J connectivity index is 1.76.